The lowest BCUT2D eigenvalue weighted by Crippen LogP contribution is -2.34. The summed E-state index contributed by atoms with van der Waals surface area (Å²) in [4.78, 5) is 11.9. The Bertz CT molecular complexity index is 555. The minimum absolute atomic E-state index is 0.574. The van der Waals surface area contributed by atoms with Gasteiger partial charge in [-0.05, 0) is 133 Å². The highest BCUT2D eigenvalue weighted by atomic mass is 16.1. The lowest BCUT2D eigenvalue weighted by molar-refractivity contribution is -0.104. The van der Waals surface area contributed by atoms with Gasteiger partial charge in [-0.15, -0.1) is 0 Å². The summed E-state index contributed by atoms with van der Waals surface area (Å²) in [5.74, 6) is 4.95. The first-order valence-electron chi connectivity index (χ1n) is 14.4. The molecule has 3 aliphatic carbocycles. The van der Waals surface area contributed by atoms with Crippen LogP contribution in [0.15, 0.2) is 24.3 Å². The van der Waals surface area contributed by atoms with E-state index in [1.807, 2.05) is 0 Å². The second-order valence-corrected chi connectivity index (χ2v) is 11.8. The highest BCUT2D eigenvalue weighted by Crippen LogP contribution is 2.41. The largest absolute Gasteiger partial charge is 0.306 e. The van der Waals surface area contributed by atoms with Crippen LogP contribution in [0.3, 0.4) is 0 Å². The first-order chi connectivity index (χ1) is 15.9. The van der Waals surface area contributed by atoms with Crippen molar-refractivity contribution in [3.63, 3.8) is 0 Å². The molecule has 0 aliphatic heterocycles. The molecular formula is C31H55NO. The van der Waals surface area contributed by atoms with E-state index in [0.29, 0.717) is 5.57 Å². The molecule has 0 aromatic carbocycles. The van der Waals surface area contributed by atoms with Gasteiger partial charge in [0.1, 0.15) is 6.29 Å². The molecule has 0 unspecified atom stereocenters. The first kappa shape index (κ1) is 28.3. The molecule has 33 heavy (non-hydrogen) atoms. The van der Waals surface area contributed by atoms with E-state index in [2.05, 4.69) is 44.6 Å². The topological polar surface area (TPSA) is 20.3 Å². The normalized spacial score (nSPS) is 32.9. The molecule has 3 saturated carbocycles. The third-order valence-electron chi connectivity index (χ3n) is 8.92. The minimum Gasteiger partial charge on any atom is -0.306 e. The molecule has 3 rings (SSSR count). The highest BCUT2D eigenvalue weighted by Gasteiger charge is 2.31. The van der Waals surface area contributed by atoms with E-state index in [4.69, 9.17) is 0 Å². The molecule has 0 atom stereocenters. The lowest BCUT2D eigenvalue weighted by Gasteiger charge is -2.39. The van der Waals surface area contributed by atoms with Crippen molar-refractivity contribution in [2.75, 3.05) is 14.1 Å². The van der Waals surface area contributed by atoms with Crippen LogP contribution in [0.2, 0.25) is 0 Å². The molecule has 0 saturated heterocycles. The van der Waals surface area contributed by atoms with Crippen LogP contribution in [0.25, 0.3) is 0 Å². The lowest BCUT2D eigenvalue weighted by atomic mass is 9.70. The van der Waals surface area contributed by atoms with Gasteiger partial charge in [-0.2, -0.15) is 0 Å². The van der Waals surface area contributed by atoms with Crippen molar-refractivity contribution >= 4 is 6.29 Å². The summed E-state index contributed by atoms with van der Waals surface area (Å²) in [6.45, 7) is 7.29. The maximum absolute atomic E-state index is 9.41. The van der Waals surface area contributed by atoms with Crippen LogP contribution in [0.5, 0.6) is 0 Å². The molecule has 0 radical (unpaired) electrons. The zero-order valence-corrected chi connectivity index (χ0v) is 22.6. The van der Waals surface area contributed by atoms with Crippen LogP contribution < -0.4 is 0 Å². The number of carbonyl (C=O) groups excluding carboxylic acids is 1. The summed E-state index contributed by atoms with van der Waals surface area (Å²) in [5, 5.41) is 0. The quantitative estimate of drug-likeness (QED) is 0.149. The SMILES string of the molecule is C=C(C)C=O.CCCCCC1CCC(/C=C/C2CCC(C3CCC(N(C)C)CC3)CC2)CC1. The summed E-state index contributed by atoms with van der Waals surface area (Å²) >= 11 is 0. The Morgan fingerprint density at radius 1 is 0.788 bits per heavy atom. The summed E-state index contributed by atoms with van der Waals surface area (Å²) in [5.41, 5.74) is 0.574. The van der Waals surface area contributed by atoms with E-state index < -0.39 is 0 Å². The van der Waals surface area contributed by atoms with E-state index in [-0.39, 0.29) is 0 Å². The van der Waals surface area contributed by atoms with Crippen molar-refractivity contribution in [3.05, 3.63) is 24.3 Å². The smallest absolute Gasteiger partial charge is 0.145 e. The Hall–Kier alpha value is -0.890. The molecule has 0 spiro atoms. The van der Waals surface area contributed by atoms with Gasteiger partial charge in [0, 0.05) is 6.04 Å². The monoisotopic (exact) mass is 457 g/mol. The zero-order chi connectivity index (χ0) is 24.1. The molecular weight excluding hydrogens is 402 g/mol. The molecule has 190 valence electrons. The third-order valence-corrected chi connectivity index (χ3v) is 8.92. The Balaban J connectivity index is 0.000000696. The molecule has 0 bridgehead atoms. The molecule has 0 aromatic rings. The van der Waals surface area contributed by atoms with Crippen molar-refractivity contribution < 1.29 is 4.79 Å². The van der Waals surface area contributed by atoms with Gasteiger partial charge in [0.2, 0.25) is 0 Å². The van der Waals surface area contributed by atoms with Gasteiger partial charge in [-0.25, -0.2) is 0 Å². The molecule has 0 amide bonds. The third kappa shape index (κ3) is 10.9. The van der Waals surface area contributed by atoms with E-state index in [0.717, 1.165) is 41.9 Å². The second-order valence-electron chi connectivity index (χ2n) is 11.8. The van der Waals surface area contributed by atoms with Crippen molar-refractivity contribution in [1.82, 2.24) is 4.90 Å². The van der Waals surface area contributed by atoms with E-state index in [1.54, 1.807) is 6.92 Å². The number of nitrogens with zero attached hydrogens (tertiary/aromatic N) is 1. The van der Waals surface area contributed by atoms with Gasteiger partial charge in [-0.1, -0.05) is 51.3 Å². The van der Waals surface area contributed by atoms with E-state index in [9.17, 15) is 4.79 Å². The van der Waals surface area contributed by atoms with E-state index in [1.165, 1.54) is 103 Å². The summed E-state index contributed by atoms with van der Waals surface area (Å²) < 4.78 is 0. The fourth-order valence-electron chi connectivity index (χ4n) is 6.56. The summed E-state index contributed by atoms with van der Waals surface area (Å²) in [6, 6.07) is 0.859. The number of hydrogen-bond donors (Lipinski definition) is 0. The predicted octanol–water partition coefficient (Wildman–Crippen LogP) is 8.62. The van der Waals surface area contributed by atoms with Crippen LogP contribution >= 0.6 is 0 Å². The Morgan fingerprint density at radius 3 is 1.67 bits per heavy atom. The molecule has 0 heterocycles. The van der Waals surface area contributed by atoms with Crippen molar-refractivity contribution in [1.29, 1.82) is 0 Å². The van der Waals surface area contributed by atoms with Gasteiger partial charge in [0.25, 0.3) is 0 Å². The standard InChI is InChI=1S/C27H49N.C4H6O/c1-4-5-6-7-22-8-10-23(11-9-22)12-13-24-14-16-25(17-15-24)26-18-20-27(21-19-26)28(2)3;1-4(2)3-5/h12-13,22-27H,4-11,14-21H2,1-3H3;3H,1H2,2H3/b13-12+;. The number of carbonyl (C=O) groups is 1. The molecule has 3 aliphatic rings. The summed E-state index contributed by atoms with van der Waals surface area (Å²) in [7, 11) is 4.53. The van der Waals surface area contributed by atoms with Gasteiger partial charge < -0.3 is 4.90 Å². The van der Waals surface area contributed by atoms with Crippen LogP contribution in [0.1, 0.15) is 117 Å². The predicted molar refractivity (Wildman–Crippen MR) is 144 cm³/mol. The molecule has 2 nitrogen and oxygen atoms in total. The van der Waals surface area contributed by atoms with Crippen molar-refractivity contribution in [2.24, 2.45) is 29.6 Å². The summed E-state index contributed by atoms with van der Waals surface area (Å²) in [6.07, 6.45) is 29.6. The first-order valence-corrected chi connectivity index (χ1v) is 14.4. The molecule has 3 fully saturated rings. The van der Waals surface area contributed by atoms with Crippen LogP contribution in [-0.2, 0) is 4.79 Å². The van der Waals surface area contributed by atoms with Crippen LogP contribution in [0.4, 0.5) is 0 Å². The molecule has 0 N–H and O–H groups in total. The Morgan fingerprint density at radius 2 is 1.24 bits per heavy atom. The van der Waals surface area contributed by atoms with Gasteiger partial charge >= 0.3 is 0 Å². The van der Waals surface area contributed by atoms with Crippen LogP contribution in [0, 0.1) is 29.6 Å². The Labute approximate surface area is 206 Å². The van der Waals surface area contributed by atoms with E-state index >= 15 is 0 Å². The average Bonchev–Trinajstić information content (AvgIpc) is 2.84. The van der Waals surface area contributed by atoms with Crippen molar-refractivity contribution in [3.8, 4) is 0 Å². The number of aldehydes is 1. The fraction of sp³-hybridized carbons (Fsp3) is 0.839. The molecule has 0 aromatic heterocycles. The maximum atomic E-state index is 9.41. The second kappa shape index (κ2) is 15.9. The Kier molecular flexibility index (Phi) is 13.7. The highest BCUT2D eigenvalue weighted by molar-refractivity contribution is 5.70. The van der Waals surface area contributed by atoms with Gasteiger partial charge in [-0.3, -0.25) is 4.79 Å². The average molecular weight is 458 g/mol. The fourth-order valence-corrected chi connectivity index (χ4v) is 6.56. The zero-order valence-electron chi connectivity index (χ0n) is 22.6. The van der Waals surface area contributed by atoms with Gasteiger partial charge in [0.05, 0.1) is 0 Å². The maximum Gasteiger partial charge on any atom is 0.145 e. The number of hydrogen-bond acceptors (Lipinski definition) is 2. The number of allylic oxidation sites excluding steroid dienone is 3. The van der Waals surface area contributed by atoms with Crippen LogP contribution in [-0.4, -0.2) is 31.3 Å². The minimum atomic E-state index is 0.574. The van der Waals surface area contributed by atoms with Gasteiger partial charge in [0.15, 0.2) is 0 Å². The molecule has 2 heteroatoms. The number of rotatable bonds is 9. The number of unbranched alkanes of at least 4 members (excludes halogenated alkanes) is 2. The van der Waals surface area contributed by atoms with Crippen molar-refractivity contribution in [2.45, 2.75) is 123 Å².